The molecule has 1 heterocycles. The molecule has 0 spiro atoms. The molecule has 0 radical (unpaired) electrons. The van der Waals surface area contributed by atoms with Crippen LogP contribution >= 0.6 is 24.0 Å². The van der Waals surface area contributed by atoms with Gasteiger partial charge in [0.1, 0.15) is 0 Å². The van der Waals surface area contributed by atoms with Crippen molar-refractivity contribution in [3.63, 3.8) is 0 Å². The number of piperidine rings is 1. The molecule has 1 N–H and O–H groups in total. The van der Waals surface area contributed by atoms with E-state index in [0.29, 0.717) is 6.04 Å². The molecule has 1 aliphatic heterocycles. The monoisotopic (exact) mass is 413 g/mol. The highest BCUT2D eigenvalue weighted by molar-refractivity contribution is 14.0. The van der Waals surface area contributed by atoms with Crippen molar-refractivity contribution in [3.8, 4) is 0 Å². The highest BCUT2D eigenvalue weighted by Crippen LogP contribution is 2.29. The van der Waals surface area contributed by atoms with Gasteiger partial charge in [0.05, 0.1) is 0 Å². The zero-order valence-corrected chi connectivity index (χ0v) is 16.0. The average molecular weight is 413 g/mol. The molecule has 3 nitrogen and oxygen atoms in total. The van der Waals surface area contributed by atoms with E-state index in [4.69, 9.17) is 0 Å². The van der Waals surface area contributed by atoms with Gasteiger partial charge in [-0.2, -0.15) is 0 Å². The van der Waals surface area contributed by atoms with Crippen LogP contribution < -0.4 is 5.32 Å². The van der Waals surface area contributed by atoms with Crippen LogP contribution in [0.1, 0.15) is 31.7 Å². The van der Waals surface area contributed by atoms with Crippen LogP contribution in [0.25, 0.3) is 0 Å². The molecule has 2 atom stereocenters. The Morgan fingerprint density at radius 2 is 1.86 bits per heavy atom. The third-order valence-corrected chi connectivity index (χ3v) is 4.92. The van der Waals surface area contributed by atoms with Crippen molar-refractivity contribution >= 4 is 29.9 Å². The van der Waals surface area contributed by atoms with Gasteiger partial charge in [-0.3, -0.25) is 4.99 Å². The van der Waals surface area contributed by atoms with Crippen molar-refractivity contribution in [2.75, 3.05) is 20.1 Å². The number of benzene rings is 1. The fourth-order valence-corrected chi connectivity index (χ4v) is 3.28. The SMILES string of the molecule is CN=C(NC1CC1C)N1CCC(Cc2ccccc2)CC1.I. The molecule has 0 amide bonds. The summed E-state index contributed by atoms with van der Waals surface area (Å²) in [6, 6.07) is 11.6. The van der Waals surface area contributed by atoms with E-state index in [1.165, 1.54) is 31.2 Å². The summed E-state index contributed by atoms with van der Waals surface area (Å²) in [5.74, 6) is 2.75. The van der Waals surface area contributed by atoms with Crippen LogP contribution in [0.4, 0.5) is 0 Å². The Morgan fingerprint density at radius 1 is 1.23 bits per heavy atom. The summed E-state index contributed by atoms with van der Waals surface area (Å²) in [5.41, 5.74) is 1.48. The highest BCUT2D eigenvalue weighted by atomic mass is 127. The lowest BCUT2D eigenvalue weighted by Crippen LogP contribution is -2.46. The molecule has 1 aromatic rings. The van der Waals surface area contributed by atoms with E-state index in [9.17, 15) is 0 Å². The summed E-state index contributed by atoms with van der Waals surface area (Å²) in [6.45, 7) is 4.58. The Kier molecular flexibility index (Phi) is 6.53. The zero-order chi connectivity index (χ0) is 14.7. The Bertz CT molecular complexity index is 480. The molecule has 1 aromatic carbocycles. The smallest absolute Gasteiger partial charge is 0.193 e. The zero-order valence-electron chi connectivity index (χ0n) is 13.7. The largest absolute Gasteiger partial charge is 0.353 e. The van der Waals surface area contributed by atoms with Crippen LogP contribution in [0.5, 0.6) is 0 Å². The van der Waals surface area contributed by atoms with Gasteiger partial charge in [-0.1, -0.05) is 37.3 Å². The van der Waals surface area contributed by atoms with Gasteiger partial charge in [0.25, 0.3) is 0 Å². The standard InChI is InChI=1S/C18H27N3.HI/c1-14-12-17(14)20-18(19-2)21-10-8-16(9-11-21)13-15-6-4-3-5-7-15;/h3-7,14,16-17H,8-13H2,1-2H3,(H,19,20);1H. The maximum absolute atomic E-state index is 4.47. The average Bonchev–Trinajstić information content (AvgIpc) is 3.22. The van der Waals surface area contributed by atoms with Crippen molar-refractivity contribution < 1.29 is 0 Å². The Hall–Kier alpha value is -0.780. The van der Waals surface area contributed by atoms with Crippen molar-refractivity contribution in [2.45, 2.75) is 38.6 Å². The van der Waals surface area contributed by atoms with E-state index >= 15 is 0 Å². The number of guanidine groups is 1. The van der Waals surface area contributed by atoms with Crippen LogP contribution in [0.15, 0.2) is 35.3 Å². The van der Waals surface area contributed by atoms with Crippen LogP contribution in [0.2, 0.25) is 0 Å². The summed E-state index contributed by atoms with van der Waals surface area (Å²) < 4.78 is 0. The van der Waals surface area contributed by atoms with Gasteiger partial charge in [-0.05, 0) is 43.1 Å². The van der Waals surface area contributed by atoms with Crippen molar-refractivity contribution in [1.29, 1.82) is 0 Å². The third kappa shape index (κ3) is 4.61. The molecular formula is C18H28IN3. The fraction of sp³-hybridized carbons (Fsp3) is 0.611. The number of nitrogens with zero attached hydrogens (tertiary/aromatic N) is 2. The first-order valence-corrected chi connectivity index (χ1v) is 8.28. The van der Waals surface area contributed by atoms with E-state index in [0.717, 1.165) is 30.9 Å². The molecule has 2 fully saturated rings. The minimum atomic E-state index is 0. The van der Waals surface area contributed by atoms with E-state index in [1.807, 2.05) is 7.05 Å². The summed E-state index contributed by atoms with van der Waals surface area (Å²) in [5, 5.41) is 3.60. The molecule has 122 valence electrons. The first-order valence-electron chi connectivity index (χ1n) is 8.28. The molecule has 4 heteroatoms. The number of likely N-dealkylation sites (tertiary alicyclic amines) is 1. The quantitative estimate of drug-likeness (QED) is 0.467. The maximum Gasteiger partial charge on any atom is 0.193 e. The van der Waals surface area contributed by atoms with E-state index < -0.39 is 0 Å². The lowest BCUT2D eigenvalue weighted by atomic mass is 9.90. The molecule has 0 bridgehead atoms. The van der Waals surface area contributed by atoms with Crippen LogP contribution in [0, 0.1) is 11.8 Å². The van der Waals surface area contributed by atoms with Gasteiger partial charge < -0.3 is 10.2 Å². The minimum Gasteiger partial charge on any atom is -0.353 e. The topological polar surface area (TPSA) is 27.6 Å². The second-order valence-electron chi connectivity index (χ2n) is 6.63. The minimum absolute atomic E-state index is 0. The normalized spacial score (nSPS) is 25.5. The Morgan fingerprint density at radius 3 is 2.41 bits per heavy atom. The number of aliphatic imine (C=N–C) groups is 1. The number of rotatable bonds is 3. The van der Waals surface area contributed by atoms with Gasteiger partial charge in [0.15, 0.2) is 5.96 Å². The van der Waals surface area contributed by atoms with Crippen molar-refractivity contribution in [3.05, 3.63) is 35.9 Å². The molecule has 22 heavy (non-hydrogen) atoms. The van der Waals surface area contributed by atoms with Gasteiger partial charge in [-0.15, -0.1) is 24.0 Å². The first kappa shape index (κ1) is 17.6. The molecule has 0 aromatic heterocycles. The number of nitrogens with one attached hydrogen (secondary N) is 1. The summed E-state index contributed by atoms with van der Waals surface area (Å²) in [7, 11) is 1.91. The predicted molar refractivity (Wildman–Crippen MR) is 104 cm³/mol. The molecule has 1 saturated carbocycles. The lowest BCUT2D eigenvalue weighted by Gasteiger charge is -2.34. The van der Waals surface area contributed by atoms with Crippen molar-refractivity contribution in [1.82, 2.24) is 10.2 Å². The summed E-state index contributed by atoms with van der Waals surface area (Å²) in [4.78, 5) is 6.90. The molecule has 1 aliphatic carbocycles. The molecule has 2 aliphatic rings. The second-order valence-corrected chi connectivity index (χ2v) is 6.63. The first-order chi connectivity index (χ1) is 10.3. The predicted octanol–water partition coefficient (Wildman–Crippen LogP) is 3.54. The molecule has 1 saturated heterocycles. The van der Waals surface area contributed by atoms with Crippen molar-refractivity contribution in [2.24, 2.45) is 16.8 Å². The van der Waals surface area contributed by atoms with Gasteiger partial charge in [0, 0.05) is 26.2 Å². The Labute approximate surface area is 151 Å². The molecule has 2 unspecified atom stereocenters. The third-order valence-electron chi connectivity index (χ3n) is 4.92. The number of halogens is 1. The number of hydrogen-bond donors (Lipinski definition) is 1. The number of hydrogen-bond acceptors (Lipinski definition) is 1. The van der Waals surface area contributed by atoms with E-state index in [1.54, 1.807) is 0 Å². The summed E-state index contributed by atoms with van der Waals surface area (Å²) >= 11 is 0. The van der Waals surface area contributed by atoms with Gasteiger partial charge in [0.2, 0.25) is 0 Å². The molecular weight excluding hydrogens is 385 g/mol. The maximum atomic E-state index is 4.47. The van der Waals surface area contributed by atoms with Gasteiger partial charge >= 0.3 is 0 Å². The van der Waals surface area contributed by atoms with E-state index in [2.05, 4.69) is 52.5 Å². The van der Waals surface area contributed by atoms with E-state index in [-0.39, 0.29) is 24.0 Å². The lowest BCUT2D eigenvalue weighted by molar-refractivity contribution is 0.258. The summed E-state index contributed by atoms with van der Waals surface area (Å²) in [6.07, 6.45) is 5.06. The highest BCUT2D eigenvalue weighted by Gasteiger charge is 2.34. The van der Waals surface area contributed by atoms with Crippen LogP contribution in [-0.2, 0) is 6.42 Å². The fourth-order valence-electron chi connectivity index (χ4n) is 3.28. The Balaban J connectivity index is 0.00000176. The molecule has 3 rings (SSSR count). The van der Waals surface area contributed by atoms with Gasteiger partial charge in [-0.25, -0.2) is 0 Å². The van der Waals surface area contributed by atoms with Crippen LogP contribution in [0.3, 0.4) is 0 Å². The second kappa shape index (κ2) is 8.18. The van der Waals surface area contributed by atoms with Crippen LogP contribution in [-0.4, -0.2) is 37.0 Å².